The van der Waals surface area contributed by atoms with E-state index in [9.17, 15) is 8.42 Å². The van der Waals surface area contributed by atoms with E-state index in [1.165, 1.54) is 17.6 Å². The molecule has 0 aromatic heterocycles. The predicted octanol–water partition coefficient (Wildman–Crippen LogP) is 2.57. The fourth-order valence-electron chi connectivity index (χ4n) is 4.40. The van der Waals surface area contributed by atoms with Crippen LogP contribution >= 0.6 is 11.8 Å². The Morgan fingerprint density at radius 1 is 1.20 bits per heavy atom. The van der Waals surface area contributed by atoms with Crippen molar-refractivity contribution in [2.45, 2.75) is 19.8 Å². The van der Waals surface area contributed by atoms with E-state index in [4.69, 9.17) is 0 Å². The zero-order valence-electron chi connectivity index (χ0n) is 15.4. The first-order valence-electron chi connectivity index (χ1n) is 9.22. The fourth-order valence-corrected chi connectivity index (χ4v) is 6.02. The second-order valence-corrected chi connectivity index (χ2v) is 10.9. The molecule has 0 aliphatic carbocycles. The van der Waals surface area contributed by atoms with E-state index in [1.807, 2.05) is 17.8 Å². The topological polar surface area (TPSA) is 40.6 Å². The van der Waals surface area contributed by atoms with Crippen LogP contribution in [-0.4, -0.2) is 68.1 Å². The predicted molar refractivity (Wildman–Crippen MR) is 107 cm³/mol. The summed E-state index contributed by atoms with van der Waals surface area (Å²) < 4.78 is 25.9. The molecule has 1 aromatic rings. The second kappa shape index (κ2) is 7.99. The minimum atomic E-state index is -3.09. The molecule has 2 saturated heterocycles. The van der Waals surface area contributed by atoms with Gasteiger partial charge in [-0.25, -0.2) is 12.7 Å². The summed E-state index contributed by atoms with van der Waals surface area (Å²) in [5, 5.41) is 0. The number of fused-ring (bicyclic) bond motifs is 1. The quantitative estimate of drug-likeness (QED) is 0.648. The number of nitrogens with zero attached hydrogens (tertiary/aromatic N) is 2. The minimum Gasteiger partial charge on any atom is -0.302 e. The van der Waals surface area contributed by atoms with Crippen molar-refractivity contribution < 1.29 is 8.42 Å². The lowest BCUT2D eigenvalue weighted by Gasteiger charge is -2.29. The zero-order chi connectivity index (χ0) is 17.9. The highest BCUT2D eigenvalue weighted by Crippen LogP contribution is 2.46. The maximum Gasteiger partial charge on any atom is 0.211 e. The maximum atomic E-state index is 12.1. The number of thioether (sulfide) groups is 1. The number of likely N-dealkylation sites (tertiary alicyclic amines) is 1. The Hall–Kier alpha value is -0.560. The highest BCUT2D eigenvalue weighted by molar-refractivity contribution is 7.99. The lowest BCUT2D eigenvalue weighted by Crippen LogP contribution is -2.37. The van der Waals surface area contributed by atoms with Crippen LogP contribution in [0.3, 0.4) is 0 Å². The summed E-state index contributed by atoms with van der Waals surface area (Å²) in [4.78, 5) is 2.57. The molecule has 2 fully saturated rings. The van der Waals surface area contributed by atoms with E-state index in [-0.39, 0.29) is 5.41 Å². The average molecular weight is 383 g/mol. The van der Waals surface area contributed by atoms with Crippen LogP contribution in [0.4, 0.5) is 0 Å². The molecule has 0 amide bonds. The molecule has 25 heavy (non-hydrogen) atoms. The van der Waals surface area contributed by atoms with Crippen molar-refractivity contribution in [3.8, 4) is 0 Å². The van der Waals surface area contributed by atoms with Crippen LogP contribution in [0.2, 0.25) is 0 Å². The van der Waals surface area contributed by atoms with Gasteiger partial charge in [0.05, 0.1) is 6.26 Å². The smallest absolute Gasteiger partial charge is 0.211 e. The van der Waals surface area contributed by atoms with Crippen molar-refractivity contribution >= 4 is 21.8 Å². The van der Waals surface area contributed by atoms with E-state index < -0.39 is 10.0 Å². The summed E-state index contributed by atoms with van der Waals surface area (Å²) in [6.45, 7) is 6.81. The molecule has 2 atom stereocenters. The monoisotopic (exact) mass is 382 g/mol. The van der Waals surface area contributed by atoms with Crippen molar-refractivity contribution in [3.05, 3.63) is 35.9 Å². The van der Waals surface area contributed by atoms with Gasteiger partial charge in [-0.05, 0) is 30.1 Å². The molecule has 2 aliphatic rings. The summed E-state index contributed by atoms with van der Waals surface area (Å²) >= 11 is 1.99. The number of aryl methyl sites for hydroxylation is 1. The summed E-state index contributed by atoms with van der Waals surface area (Å²) in [6, 6.07) is 10.6. The molecule has 3 rings (SSSR count). The summed E-state index contributed by atoms with van der Waals surface area (Å²) in [6.07, 6.45) is 3.46. The molecule has 6 heteroatoms. The normalized spacial score (nSPS) is 27.7. The molecule has 1 aromatic carbocycles. The van der Waals surface area contributed by atoms with E-state index in [0.29, 0.717) is 19.0 Å². The number of benzene rings is 1. The van der Waals surface area contributed by atoms with E-state index in [0.717, 1.165) is 38.2 Å². The van der Waals surface area contributed by atoms with Gasteiger partial charge in [0.1, 0.15) is 0 Å². The first kappa shape index (κ1) is 19.2. The van der Waals surface area contributed by atoms with Gasteiger partial charge in [0.25, 0.3) is 0 Å². The molecule has 0 spiro atoms. The van der Waals surface area contributed by atoms with Crippen LogP contribution in [0.15, 0.2) is 30.3 Å². The van der Waals surface area contributed by atoms with Gasteiger partial charge in [-0.15, -0.1) is 0 Å². The number of sulfonamides is 1. The Morgan fingerprint density at radius 3 is 2.64 bits per heavy atom. The summed E-state index contributed by atoms with van der Waals surface area (Å²) in [5.41, 5.74) is 1.48. The van der Waals surface area contributed by atoms with Crippen molar-refractivity contribution in [1.82, 2.24) is 9.21 Å². The Balaban J connectivity index is 1.70. The summed E-state index contributed by atoms with van der Waals surface area (Å²) in [5.74, 6) is 2.81. The van der Waals surface area contributed by atoms with Gasteiger partial charge in [0, 0.05) is 43.9 Å². The third-order valence-electron chi connectivity index (χ3n) is 5.78. The molecule has 2 aliphatic heterocycles. The first-order chi connectivity index (χ1) is 11.9. The standard InChI is InChI=1S/C19H30N2O2S2/c1-3-24-12-11-20-13-18-14-21(25(2,22)23)16-19(18,15-20)10-9-17-7-5-4-6-8-17/h4-8,18H,3,9-16H2,1-2H3/t18-,19+/m0/s1. The Kier molecular flexibility index (Phi) is 6.14. The second-order valence-electron chi connectivity index (χ2n) is 7.53. The molecule has 140 valence electrons. The van der Waals surface area contributed by atoms with E-state index in [1.54, 1.807) is 4.31 Å². The van der Waals surface area contributed by atoms with Gasteiger partial charge in [-0.2, -0.15) is 11.8 Å². The van der Waals surface area contributed by atoms with Crippen molar-refractivity contribution in [3.63, 3.8) is 0 Å². The largest absolute Gasteiger partial charge is 0.302 e. The van der Waals surface area contributed by atoms with Crippen molar-refractivity contribution in [2.24, 2.45) is 11.3 Å². The average Bonchev–Trinajstić information content (AvgIpc) is 3.08. The van der Waals surface area contributed by atoms with Gasteiger partial charge in [0.2, 0.25) is 10.0 Å². The molecule has 0 N–H and O–H groups in total. The van der Waals surface area contributed by atoms with Gasteiger partial charge in [-0.1, -0.05) is 37.3 Å². The Bertz CT molecular complexity index is 665. The van der Waals surface area contributed by atoms with Crippen LogP contribution in [0.25, 0.3) is 0 Å². The van der Waals surface area contributed by atoms with Gasteiger partial charge < -0.3 is 4.90 Å². The molecule has 0 bridgehead atoms. The van der Waals surface area contributed by atoms with Crippen molar-refractivity contribution in [2.75, 3.05) is 50.5 Å². The highest BCUT2D eigenvalue weighted by Gasteiger charge is 2.53. The maximum absolute atomic E-state index is 12.1. The van der Waals surface area contributed by atoms with E-state index >= 15 is 0 Å². The SMILES string of the molecule is CCSCCN1C[C@H]2CN(S(C)(=O)=O)C[C@@]2(CCc2ccccc2)C1. The number of hydrogen-bond acceptors (Lipinski definition) is 4. The molecule has 2 heterocycles. The first-order valence-corrected chi connectivity index (χ1v) is 12.2. The molecule has 4 nitrogen and oxygen atoms in total. The summed E-state index contributed by atoms with van der Waals surface area (Å²) in [7, 11) is -3.09. The molecule has 0 saturated carbocycles. The van der Waals surface area contributed by atoms with E-state index in [2.05, 4.69) is 36.1 Å². The van der Waals surface area contributed by atoms with Crippen LogP contribution < -0.4 is 0 Å². The fraction of sp³-hybridized carbons (Fsp3) is 0.684. The minimum absolute atomic E-state index is 0.121. The van der Waals surface area contributed by atoms with Crippen LogP contribution in [-0.2, 0) is 16.4 Å². The lowest BCUT2D eigenvalue weighted by molar-refractivity contribution is 0.233. The molecule has 0 unspecified atom stereocenters. The third kappa shape index (κ3) is 4.59. The van der Waals surface area contributed by atoms with Crippen LogP contribution in [0, 0.1) is 11.3 Å². The highest BCUT2D eigenvalue weighted by atomic mass is 32.2. The number of rotatable bonds is 8. The molecule has 0 radical (unpaired) electrons. The Morgan fingerprint density at radius 2 is 1.96 bits per heavy atom. The molecular weight excluding hydrogens is 352 g/mol. The van der Waals surface area contributed by atoms with Gasteiger partial charge >= 0.3 is 0 Å². The van der Waals surface area contributed by atoms with Crippen molar-refractivity contribution in [1.29, 1.82) is 0 Å². The van der Waals surface area contributed by atoms with Crippen LogP contribution in [0.1, 0.15) is 18.9 Å². The number of hydrogen-bond donors (Lipinski definition) is 0. The van der Waals surface area contributed by atoms with Gasteiger partial charge in [-0.3, -0.25) is 0 Å². The lowest BCUT2D eigenvalue weighted by atomic mass is 9.76. The zero-order valence-corrected chi connectivity index (χ0v) is 17.0. The molecular formula is C19H30N2O2S2. The van der Waals surface area contributed by atoms with Crippen LogP contribution in [0.5, 0.6) is 0 Å². The Labute approximate surface area is 157 Å². The third-order valence-corrected chi connectivity index (χ3v) is 7.87. The van der Waals surface area contributed by atoms with Gasteiger partial charge in [0.15, 0.2) is 0 Å².